The standard InChI is InChI=1S/C12H23N3O4/c1-12(2,3)15-9(16)8-14-11(19)13-7-5-4-6-10(17)18/h4-8H2,1-3H3,(H,15,16)(H,17,18)(H2,13,14,19). The summed E-state index contributed by atoms with van der Waals surface area (Å²) < 4.78 is 0. The van der Waals surface area contributed by atoms with Gasteiger partial charge in [-0.3, -0.25) is 9.59 Å². The van der Waals surface area contributed by atoms with Gasteiger partial charge in [0.15, 0.2) is 0 Å². The van der Waals surface area contributed by atoms with Gasteiger partial charge in [0, 0.05) is 18.5 Å². The van der Waals surface area contributed by atoms with Gasteiger partial charge < -0.3 is 21.1 Å². The molecule has 0 saturated carbocycles. The molecular weight excluding hydrogens is 250 g/mol. The van der Waals surface area contributed by atoms with Crippen molar-refractivity contribution >= 4 is 17.9 Å². The van der Waals surface area contributed by atoms with Crippen molar-refractivity contribution in [2.75, 3.05) is 13.1 Å². The fraction of sp³-hybridized carbons (Fsp3) is 0.750. The molecule has 4 N–H and O–H groups in total. The summed E-state index contributed by atoms with van der Waals surface area (Å²) in [5.41, 5.74) is -0.327. The number of hydrogen-bond acceptors (Lipinski definition) is 3. The van der Waals surface area contributed by atoms with Crippen molar-refractivity contribution in [3.63, 3.8) is 0 Å². The third-order valence-corrected chi connectivity index (χ3v) is 2.03. The maximum absolute atomic E-state index is 11.4. The van der Waals surface area contributed by atoms with E-state index in [4.69, 9.17) is 5.11 Å². The predicted octanol–water partition coefficient (Wildman–Crippen LogP) is 0.455. The average molecular weight is 273 g/mol. The Morgan fingerprint density at radius 3 is 2.21 bits per heavy atom. The lowest BCUT2D eigenvalue weighted by atomic mass is 10.1. The van der Waals surface area contributed by atoms with Crippen molar-refractivity contribution in [2.45, 2.75) is 45.6 Å². The topological polar surface area (TPSA) is 108 Å². The molecule has 7 nitrogen and oxygen atoms in total. The molecule has 19 heavy (non-hydrogen) atoms. The lowest BCUT2D eigenvalue weighted by molar-refractivity contribution is -0.137. The van der Waals surface area contributed by atoms with E-state index in [0.717, 1.165) is 0 Å². The van der Waals surface area contributed by atoms with Crippen LogP contribution in [-0.2, 0) is 9.59 Å². The summed E-state index contributed by atoms with van der Waals surface area (Å²) >= 11 is 0. The van der Waals surface area contributed by atoms with E-state index in [9.17, 15) is 14.4 Å². The summed E-state index contributed by atoms with van der Waals surface area (Å²) in [7, 11) is 0. The van der Waals surface area contributed by atoms with E-state index in [2.05, 4.69) is 16.0 Å². The maximum Gasteiger partial charge on any atom is 0.315 e. The Kier molecular flexibility index (Phi) is 7.55. The van der Waals surface area contributed by atoms with Crippen molar-refractivity contribution in [3.05, 3.63) is 0 Å². The van der Waals surface area contributed by atoms with Gasteiger partial charge >= 0.3 is 12.0 Å². The van der Waals surface area contributed by atoms with Crippen molar-refractivity contribution in [1.29, 1.82) is 0 Å². The number of carbonyl (C=O) groups excluding carboxylic acids is 2. The minimum Gasteiger partial charge on any atom is -0.481 e. The Labute approximate surface area is 113 Å². The van der Waals surface area contributed by atoms with E-state index in [0.29, 0.717) is 19.4 Å². The molecule has 0 saturated heterocycles. The first-order chi connectivity index (χ1) is 8.70. The van der Waals surface area contributed by atoms with Gasteiger partial charge in [-0.1, -0.05) is 0 Å². The first-order valence-corrected chi connectivity index (χ1v) is 6.25. The maximum atomic E-state index is 11.4. The van der Waals surface area contributed by atoms with Crippen LogP contribution < -0.4 is 16.0 Å². The normalized spacial score (nSPS) is 10.7. The number of nitrogens with one attached hydrogen (secondary N) is 3. The molecule has 0 aromatic heterocycles. The predicted molar refractivity (Wildman–Crippen MR) is 70.8 cm³/mol. The number of carbonyl (C=O) groups is 3. The van der Waals surface area contributed by atoms with Crippen LogP contribution in [0.25, 0.3) is 0 Å². The smallest absolute Gasteiger partial charge is 0.315 e. The lowest BCUT2D eigenvalue weighted by Gasteiger charge is -2.20. The Bertz CT molecular complexity index is 323. The van der Waals surface area contributed by atoms with Crippen LogP contribution in [0, 0.1) is 0 Å². The number of carboxylic acids is 1. The number of amides is 3. The molecule has 0 aliphatic rings. The molecule has 110 valence electrons. The second kappa shape index (κ2) is 8.34. The van der Waals surface area contributed by atoms with Gasteiger partial charge in [-0.15, -0.1) is 0 Å². The second-order valence-corrected chi connectivity index (χ2v) is 5.26. The highest BCUT2D eigenvalue weighted by Crippen LogP contribution is 1.97. The molecule has 0 radical (unpaired) electrons. The SMILES string of the molecule is CC(C)(C)NC(=O)CNC(=O)NCCCCC(=O)O. The minimum absolute atomic E-state index is 0.0851. The number of hydrogen-bond donors (Lipinski definition) is 4. The molecule has 0 rings (SSSR count). The number of unbranched alkanes of at least 4 members (excludes halogenated alkanes) is 1. The first kappa shape index (κ1) is 17.2. The van der Waals surface area contributed by atoms with Crippen LogP contribution in [0.3, 0.4) is 0 Å². The highest BCUT2D eigenvalue weighted by molar-refractivity contribution is 5.84. The summed E-state index contributed by atoms with van der Waals surface area (Å²) in [5.74, 6) is -1.10. The van der Waals surface area contributed by atoms with Crippen LogP contribution in [0.15, 0.2) is 0 Å². The summed E-state index contributed by atoms with van der Waals surface area (Å²) in [6, 6.07) is -0.431. The van der Waals surface area contributed by atoms with Crippen molar-refractivity contribution in [3.8, 4) is 0 Å². The van der Waals surface area contributed by atoms with Crippen LogP contribution in [0.1, 0.15) is 40.0 Å². The largest absolute Gasteiger partial charge is 0.481 e. The van der Waals surface area contributed by atoms with Gasteiger partial charge in [0.05, 0.1) is 6.54 Å². The molecular formula is C12H23N3O4. The fourth-order valence-corrected chi connectivity index (χ4v) is 1.29. The Balaban J connectivity index is 3.59. The van der Waals surface area contributed by atoms with Crippen molar-refractivity contribution in [1.82, 2.24) is 16.0 Å². The van der Waals surface area contributed by atoms with Crippen LogP contribution in [0.2, 0.25) is 0 Å². The molecule has 0 atom stereocenters. The molecule has 0 aliphatic heterocycles. The monoisotopic (exact) mass is 273 g/mol. The molecule has 0 spiro atoms. The van der Waals surface area contributed by atoms with Crippen molar-refractivity contribution < 1.29 is 19.5 Å². The van der Waals surface area contributed by atoms with E-state index in [-0.39, 0.29) is 24.4 Å². The van der Waals surface area contributed by atoms with Crippen LogP contribution >= 0.6 is 0 Å². The summed E-state index contributed by atoms with van der Waals surface area (Å²) in [5, 5.41) is 16.1. The highest BCUT2D eigenvalue weighted by Gasteiger charge is 2.13. The molecule has 3 amide bonds. The molecule has 7 heteroatoms. The number of rotatable bonds is 7. The Hall–Kier alpha value is -1.79. The summed E-state index contributed by atoms with van der Waals surface area (Å²) in [6.45, 7) is 5.87. The van der Waals surface area contributed by atoms with Gasteiger partial charge in [0.1, 0.15) is 0 Å². The van der Waals surface area contributed by atoms with E-state index in [1.54, 1.807) is 0 Å². The molecule has 0 aliphatic carbocycles. The van der Waals surface area contributed by atoms with Gasteiger partial charge in [0.25, 0.3) is 0 Å². The first-order valence-electron chi connectivity index (χ1n) is 6.25. The van der Waals surface area contributed by atoms with Gasteiger partial charge in [-0.25, -0.2) is 4.79 Å². The van der Waals surface area contributed by atoms with E-state index in [1.807, 2.05) is 20.8 Å². The number of aliphatic carboxylic acids is 1. The molecule has 0 fully saturated rings. The third kappa shape index (κ3) is 12.5. The van der Waals surface area contributed by atoms with Crippen LogP contribution in [0.4, 0.5) is 4.79 Å². The zero-order chi connectivity index (χ0) is 14.9. The quantitative estimate of drug-likeness (QED) is 0.505. The lowest BCUT2D eigenvalue weighted by Crippen LogP contribution is -2.47. The minimum atomic E-state index is -0.844. The number of carboxylic acid groups (broad SMARTS) is 1. The zero-order valence-electron chi connectivity index (χ0n) is 11.7. The zero-order valence-corrected chi connectivity index (χ0v) is 11.7. The van der Waals surface area contributed by atoms with Crippen molar-refractivity contribution in [2.24, 2.45) is 0 Å². The van der Waals surface area contributed by atoms with Crippen LogP contribution in [0.5, 0.6) is 0 Å². The fourth-order valence-electron chi connectivity index (χ4n) is 1.29. The summed E-state index contributed by atoms with van der Waals surface area (Å²) in [4.78, 5) is 32.9. The van der Waals surface area contributed by atoms with Gasteiger partial charge in [-0.2, -0.15) is 0 Å². The molecule has 0 aromatic carbocycles. The Morgan fingerprint density at radius 2 is 1.68 bits per heavy atom. The highest BCUT2D eigenvalue weighted by atomic mass is 16.4. The average Bonchev–Trinajstić information content (AvgIpc) is 2.23. The van der Waals surface area contributed by atoms with Gasteiger partial charge in [0.2, 0.25) is 5.91 Å². The van der Waals surface area contributed by atoms with E-state index >= 15 is 0 Å². The van der Waals surface area contributed by atoms with Crippen LogP contribution in [-0.4, -0.2) is 41.6 Å². The van der Waals surface area contributed by atoms with Gasteiger partial charge in [-0.05, 0) is 33.6 Å². The number of urea groups is 1. The molecule has 0 heterocycles. The summed E-state index contributed by atoms with van der Waals surface area (Å²) in [6.07, 6.45) is 1.20. The van der Waals surface area contributed by atoms with E-state index < -0.39 is 12.0 Å². The molecule has 0 aromatic rings. The Morgan fingerprint density at radius 1 is 1.05 bits per heavy atom. The third-order valence-electron chi connectivity index (χ3n) is 2.03. The second-order valence-electron chi connectivity index (χ2n) is 5.26. The molecule has 0 bridgehead atoms. The van der Waals surface area contributed by atoms with E-state index in [1.165, 1.54) is 0 Å². The molecule has 0 unspecified atom stereocenters.